The quantitative estimate of drug-likeness (QED) is 0.0251. The highest BCUT2D eigenvalue weighted by atomic mass is 16.5. The molecule has 0 amide bonds. The third-order valence-electron chi connectivity index (χ3n) is 12.7. The van der Waals surface area contributed by atoms with Crippen LogP contribution in [0, 0.1) is 10.8 Å². The molecule has 0 saturated carbocycles. The van der Waals surface area contributed by atoms with E-state index in [0.29, 0.717) is 0 Å². The Morgan fingerprint density at radius 3 is 0.524 bits per heavy atom. The Balaban J connectivity index is 7.55. The Hall–Kier alpha value is -1.24. The number of ether oxygens (including phenoxy) is 7. The molecule has 6 atom stereocenters. The predicted octanol–water partition coefficient (Wildman–Crippen LogP) is -11.1. The molecule has 82 heavy (non-hydrogen) atoms. The van der Waals surface area contributed by atoms with Gasteiger partial charge in [0, 0.05) is 111 Å². The Morgan fingerprint density at radius 2 is 0.366 bits per heavy atom. The zero-order valence-corrected chi connectivity index (χ0v) is 48.5. The molecule has 0 saturated heterocycles. The molecule has 6 unspecified atom stereocenters. The maximum absolute atomic E-state index is 11.1. The molecule has 0 aromatic carbocycles. The molecule has 31 nitrogen and oxygen atoms in total. The molecule has 0 aromatic rings. The molecule has 18 N–H and O–H groups in total. The summed E-state index contributed by atoms with van der Waals surface area (Å²) >= 11 is 0. The van der Waals surface area contributed by atoms with Crippen LogP contribution in [0.5, 0.6) is 0 Å². The van der Waals surface area contributed by atoms with E-state index in [9.17, 15) is 91.9 Å². The van der Waals surface area contributed by atoms with Crippen LogP contribution in [0.4, 0.5) is 0 Å². The third-order valence-corrected chi connectivity index (χ3v) is 12.7. The number of hydrogen-bond acceptors (Lipinski definition) is 31. The largest absolute Gasteiger partial charge is 0.395 e. The fraction of sp³-hybridized carbons (Fsp3) is 1.00. The summed E-state index contributed by atoms with van der Waals surface area (Å²) in [5, 5.41) is 182. The van der Waals surface area contributed by atoms with Crippen molar-refractivity contribution in [2.75, 3.05) is 283 Å². The van der Waals surface area contributed by atoms with Crippen molar-refractivity contribution in [3.05, 3.63) is 0 Å². The molecule has 0 aliphatic heterocycles. The van der Waals surface area contributed by atoms with Gasteiger partial charge >= 0.3 is 0 Å². The number of aliphatic hydroxyl groups excluding tert-OH is 18. The Morgan fingerprint density at radius 1 is 0.220 bits per heavy atom. The van der Waals surface area contributed by atoms with Crippen LogP contribution in [0.3, 0.4) is 0 Å². The minimum Gasteiger partial charge on any atom is -0.395 e. The summed E-state index contributed by atoms with van der Waals surface area (Å²) in [6.07, 6.45) is -6.87. The van der Waals surface area contributed by atoms with Gasteiger partial charge < -0.3 is 125 Å². The van der Waals surface area contributed by atoms with Gasteiger partial charge in [-0.2, -0.15) is 0 Å². The molecule has 0 aliphatic rings. The Kier molecular flexibility index (Phi) is 52.0. The normalized spacial score (nSPS) is 16.2. The first-order valence-electron chi connectivity index (χ1n) is 28.3. The van der Waals surface area contributed by atoms with E-state index in [4.69, 9.17) is 33.2 Å². The second-order valence-corrected chi connectivity index (χ2v) is 20.7. The first-order chi connectivity index (χ1) is 39.5. The molecule has 0 bridgehead atoms. The number of nitrogens with zero attached hydrogens (tertiary/aromatic N) is 6. The molecule has 0 spiro atoms. The SMILES string of the molecule is OCCN(CO)CC(O)COCC(COCC(O)CN(CCO)CCO)(COCC(O)CN(CCO)CCO)COCC(COCC(O)CN(CCO)CCO)(COCC(O)CN(CCO)CCO)COCC(O)CN(CCO)CCO. The summed E-state index contributed by atoms with van der Waals surface area (Å²) < 4.78 is 43.6. The third kappa shape index (κ3) is 41.0. The van der Waals surface area contributed by atoms with Crippen molar-refractivity contribution in [1.82, 2.24) is 29.4 Å². The van der Waals surface area contributed by atoms with Gasteiger partial charge in [-0.3, -0.25) is 29.4 Å². The van der Waals surface area contributed by atoms with Gasteiger partial charge in [0.05, 0.1) is 219 Å². The van der Waals surface area contributed by atoms with Crippen LogP contribution in [0.25, 0.3) is 0 Å². The van der Waals surface area contributed by atoms with E-state index >= 15 is 0 Å². The van der Waals surface area contributed by atoms with Gasteiger partial charge in [-0.1, -0.05) is 0 Å². The first-order valence-corrected chi connectivity index (χ1v) is 28.3. The summed E-state index contributed by atoms with van der Waals surface area (Å²) in [5.74, 6) is 0. The zero-order valence-electron chi connectivity index (χ0n) is 48.5. The topological polar surface area (TPSA) is 448 Å². The molecule has 0 aliphatic carbocycles. The second-order valence-electron chi connectivity index (χ2n) is 20.7. The van der Waals surface area contributed by atoms with Crippen LogP contribution in [0.2, 0.25) is 0 Å². The number of hydrogen-bond donors (Lipinski definition) is 18. The van der Waals surface area contributed by atoms with Crippen LogP contribution in [0.1, 0.15) is 0 Å². The predicted molar refractivity (Wildman–Crippen MR) is 295 cm³/mol. The molecule has 0 aromatic heterocycles. The fourth-order valence-electron chi connectivity index (χ4n) is 8.80. The van der Waals surface area contributed by atoms with Gasteiger partial charge in [0.2, 0.25) is 0 Å². The molecule has 0 rings (SSSR count). The monoisotopic (exact) mass is 1210 g/mol. The van der Waals surface area contributed by atoms with E-state index in [1.165, 1.54) is 4.90 Å². The molecular formula is C51H110N6O25. The maximum Gasteiger partial charge on any atom is 0.0958 e. The summed E-state index contributed by atoms with van der Waals surface area (Å²) in [7, 11) is 0. The van der Waals surface area contributed by atoms with Gasteiger partial charge in [0.15, 0.2) is 0 Å². The van der Waals surface area contributed by atoms with Gasteiger partial charge in [-0.25, -0.2) is 0 Å². The van der Waals surface area contributed by atoms with Crippen LogP contribution >= 0.6 is 0 Å². The smallest absolute Gasteiger partial charge is 0.0958 e. The van der Waals surface area contributed by atoms with Crippen LogP contribution in [0.15, 0.2) is 0 Å². The molecule has 0 radical (unpaired) electrons. The van der Waals surface area contributed by atoms with E-state index in [1.54, 1.807) is 24.5 Å². The van der Waals surface area contributed by atoms with E-state index in [2.05, 4.69) is 0 Å². The van der Waals surface area contributed by atoms with Crippen molar-refractivity contribution in [3.8, 4) is 0 Å². The van der Waals surface area contributed by atoms with E-state index in [0.717, 1.165) is 0 Å². The highest BCUT2D eigenvalue weighted by Crippen LogP contribution is 2.26. The van der Waals surface area contributed by atoms with Crippen LogP contribution in [-0.4, -0.2) is 441 Å². The van der Waals surface area contributed by atoms with Crippen molar-refractivity contribution in [2.45, 2.75) is 36.6 Å². The van der Waals surface area contributed by atoms with Crippen LogP contribution < -0.4 is 0 Å². The number of rotatable bonds is 63. The van der Waals surface area contributed by atoms with Crippen molar-refractivity contribution in [1.29, 1.82) is 0 Å². The lowest BCUT2D eigenvalue weighted by atomic mass is 9.90. The summed E-state index contributed by atoms with van der Waals surface area (Å²) in [6.45, 7) is -5.64. The lowest BCUT2D eigenvalue weighted by molar-refractivity contribution is -0.158. The van der Waals surface area contributed by atoms with E-state index in [-0.39, 0.29) is 276 Å². The highest BCUT2D eigenvalue weighted by Gasteiger charge is 2.38. The van der Waals surface area contributed by atoms with Crippen molar-refractivity contribution in [3.63, 3.8) is 0 Å². The second kappa shape index (κ2) is 52.8. The fourth-order valence-corrected chi connectivity index (χ4v) is 8.80. The Bertz CT molecular complexity index is 1260. The van der Waals surface area contributed by atoms with Gasteiger partial charge in [0.25, 0.3) is 0 Å². The van der Waals surface area contributed by atoms with Gasteiger partial charge in [-0.15, -0.1) is 0 Å². The van der Waals surface area contributed by atoms with E-state index < -0.39 is 54.2 Å². The maximum atomic E-state index is 11.1. The lowest BCUT2D eigenvalue weighted by Gasteiger charge is -2.38. The summed E-state index contributed by atoms with van der Waals surface area (Å²) in [6, 6.07) is 0. The average Bonchev–Trinajstić information content (AvgIpc) is 3.48. The summed E-state index contributed by atoms with van der Waals surface area (Å²) in [5.41, 5.74) is -2.75. The first kappa shape index (κ1) is 80.8. The van der Waals surface area contributed by atoms with Crippen molar-refractivity contribution >= 4 is 0 Å². The minimum absolute atomic E-state index is 0.00664. The van der Waals surface area contributed by atoms with E-state index in [1.807, 2.05) is 0 Å². The lowest BCUT2D eigenvalue weighted by Crippen LogP contribution is -2.48. The molecule has 31 heteroatoms. The van der Waals surface area contributed by atoms with Crippen LogP contribution in [-0.2, 0) is 33.2 Å². The van der Waals surface area contributed by atoms with Crippen molar-refractivity contribution in [2.24, 2.45) is 10.8 Å². The summed E-state index contributed by atoms with van der Waals surface area (Å²) in [4.78, 5) is 9.55. The zero-order chi connectivity index (χ0) is 61.3. The molecule has 0 fully saturated rings. The Labute approximate surface area is 484 Å². The average molecular weight is 1210 g/mol. The highest BCUT2D eigenvalue weighted by molar-refractivity contribution is 4.85. The minimum atomic E-state index is -1.38. The standard InChI is InChI=1S/C51H110N6O25/c58-12-1-52(2-13-59)23-44(70)29-76-35-50(36-77-30-45(71)24-53(3-14-60)4-15-61,37-78-31-46(72)25-54(5-16-62)6-17-63)41-82-42-51(40-81-34-49(75)28-57(43-69)11-22-68,38-79-32-47(73)26-55(7-18-64)8-19-65)39-80-33-48(74)27-56(9-20-66)10-21-67/h44-49,58-75H,1-43H2. The molecular weight excluding hydrogens is 1100 g/mol. The molecule has 0 heterocycles. The molecule has 494 valence electrons. The van der Waals surface area contributed by atoms with Gasteiger partial charge in [0.1, 0.15) is 0 Å². The van der Waals surface area contributed by atoms with Crippen molar-refractivity contribution < 1.29 is 125 Å². The number of aliphatic hydroxyl groups is 18. The van der Waals surface area contributed by atoms with Gasteiger partial charge in [-0.05, 0) is 0 Å².